The molecule has 0 unspecified atom stereocenters. The lowest BCUT2D eigenvalue weighted by atomic mass is 10.2. The summed E-state index contributed by atoms with van der Waals surface area (Å²) in [6.07, 6.45) is 15.5. The summed E-state index contributed by atoms with van der Waals surface area (Å²) in [5.74, 6) is -3.79. The van der Waals surface area contributed by atoms with Crippen molar-refractivity contribution in [2.45, 2.75) is 71.0 Å². The van der Waals surface area contributed by atoms with Crippen LogP contribution in [0.2, 0.25) is 1.41 Å². The minimum absolute atomic E-state index is 0.473. The maximum absolute atomic E-state index is 12.2. The molecule has 0 aromatic heterocycles. The Labute approximate surface area is 170 Å². The van der Waals surface area contributed by atoms with Crippen LogP contribution in [0, 0.1) is 0 Å². The number of aliphatic carboxylic acids is 1. The van der Waals surface area contributed by atoms with Crippen molar-refractivity contribution in [3.05, 3.63) is 48.6 Å². The van der Waals surface area contributed by atoms with Crippen LogP contribution in [0.3, 0.4) is 0 Å². The lowest BCUT2D eigenvalue weighted by Crippen LogP contribution is -2.28. The van der Waals surface area contributed by atoms with Crippen molar-refractivity contribution in [2.75, 3.05) is 6.50 Å². The van der Waals surface area contributed by atoms with Crippen molar-refractivity contribution in [1.82, 2.24) is 5.31 Å². The molecule has 26 heavy (non-hydrogen) atoms. The molecular formula is C22H35NO3. The highest BCUT2D eigenvalue weighted by molar-refractivity contribution is 5.80. The summed E-state index contributed by atoms with van der Waals surface area (Å²) < 4.78 is 59.9. The van der Waals surface area contributed by atoms with Gasteiger partial charge in [0.2, 0.25) is 5.91 Å². The van der Waals surface area contributed by atoms with Crippen LogP contribution >= 0.6 is 0 Å². The van der Waals surface area contributed by atoms with E-state index in [0.29, 0.717) is 6.42 Å². The zero-order valence-corrected chi connectivity index (χ0v) is 15.4. The SMILES string of the molecule is [2H]OC(=O)C([2H])([2H])N([2H])C(=O)C([2H])([2H])C([2H])([2H])CC=CCC=CCC=CCC=CCCCCC. The fourth-order valence-electron chi connectivity index (χ4n) is 1.84. The summed E-state index contributed by atoms with van der Waals surface area (Å²) in [5, 5.41) is 2.79. The zero-order chi connectivity index (χ0) is 26.3. The molecule has 0 saturated heterocycles. The zero-order valence-electron chi connectivity index (χ0n) is 23.4. The van der Waals surface area contributed by atoms with E-state index in [1.54, 1.807) is 6.08 Å². The van der Waals surface area contributed by atoms with Crippen molar-refractivity contribution >= 4 is 11.9 Å². The Kier molecular flexibility index (Phi) is 9.71. The lowest BCUT2D eigenvalue weighted by molar-refractivity contribution is -0.137. The quantitative estimate of drug-likeness (QED) is 0.285. The van der Waals surface area contributed by atoms with Crippen molar-refractivity contribution in [1.29, 1.82) is 1.43 Å². The minimum atomic E-state index is -3.44. The van der Waals surface area contributed by atoms with Gasteiger partial charge in [0.15, 0.2) is 1.41 Å². The van der Waals surface area contributed by atoms with Crippen molar-refractivity contribution in [2.24, 2.45) is 0 Å². The Morgan fingerprint density at radius 1 is 0.962 bits per heavy atom. The molecule has 4 heteroatoms. The Morgan fingerprint density at radius 2 is 1.54 bits per heavy atom. The molecule has 0 aliphatic carbocycles. The van der Waals surface area contributed by atoms with Gasteiger partial charge in [-0.2, -0.15) is 0 Å². The molecule has 1 amide bonds. The standard InChI is InChI=1S/C22H35NO3/c1-2-3-4-5-6-7-8-9-10-11-12-13-14-15-16-17-18-19-21(24)23-20-22(25)26/h6-7,9-10,12-13,15-16H,2-5,8,11,14,17-20H2,1H3,(H,23,24)(H,25,26)/i18D2,19D2,20D2/hD2. The normalized spacial score (nSPS) is 18.0. The first-order valence-electron chi connectivity index (χ1n) is 12.8. The third-order valence-corrected chi connectivity index (χ3v) is 3.12. The van der Waals surface area contributed by atoms with Crippen molar-refractivity contribution in [3.63, 3.8) is 0 Å². The Hall–Kier alpha value is -2.10. The highest BCUT2D eigenvalue weighted by Gasteiger charge is 2.02. The molecule has 0 aromatic rings. The molecule has 0 radical (unpaired) electrons. The monoisotopic (exact) mass is 369 g/mol. The van der Waals surface area contributed by atoms with Gasteiger partial charge in [-0.1, -0.05) is 68.4 Å². The third kappa shape index (κ3) is 19.9. The van der Waals surface area contributed by atoms with E-state index in [4.69, 9.17) is 11.1 Å². The van der Waals surface area contributed by atoms with E-state index < -0.39 is 42.8 Å². The van der Waals surface area contributed by atoms with E-state index in [0.717, 1.165) is 19.3 Å². The first-order chi connectivity index (χ1) is 15.9. The van der Waals surface area contributed by atoms with Crippen molar-refractivity contribution < 1.29 is 24.3 Å². The van der Waals surface area contributed by atoms with Crippen LogP contribution in [0.5, 0.6) is 0 Å². The van der Waals surface area contributed by atoms with Gasteiger partial charge in [-0.3, -0.25) is 9.59 Å². The summed E-state index contributed by atoms with van der Waals surface area (Å²) in [5.41, 5.74) is 0. The fourth-order valence-corrected chi connectivity index (χ4v) is 1.84. The van der Waals surface area contributed by atoms with Crippen LogP contribution in [0.15, 0.2) is 48.6 Å². The number of hydrogen-bond donors (Lipinski definition) is 2. The number of hydrogen-bond acceptors (Lipinski definition) is 3. The van der Waals surface area contributed by atoms with Crippen LogP contribution in [-0.4, -0.2) is 23.5 Å². The van der Waals surface area contributed by atoms with Gasteiger partial charge in [0.1, 0.15) is 6.50 Å². The second-order valence-electron chi connectivity index (χ2n) is 5.41. The largest absolute Gasteiger partial charge is 0.480 e. The van der Waals surface area contributed by atoms with E-state index in [1.165, 1.54) is 25.3 Å². The van der Waals surface area contributed by atoms with E-state index in [9.17, 15) is 9.59 Å². The number of carbonyl (C=O) groups is 2. The molecule has 0 rings (SSSR count). The number of unbranched alkanes of at least 4 members (excludes halogenated alkanes) is 3. The smallest absolute Gasteiger partial charge is 0.322 e. The fraction of sp³-hybridized carbons (Fsp3) is 0.545. The van der Waals surface area contributed by atoms with Crippen LogP contribution in [0.25, 0.3) is 1.43 Å². The second kappa shape index (κ2) is 19.2. The van der Waals surface area contributed by atoms with Gasteiger partial charge in [0.25, 0.3) is 1.43 Å². The predicted molar refractivity (Wildman–Crippen MR) is 109 cm³/mol. The molecule has 0 aromatic carbocycles. The summed E-state index contributed by atoms with van der Waals surface area (Å²) in [4.78, 5) is 23.5. The Morgan fingerprint density at radius 3 is 2.12 bits per heavy atom. The predicted octanol–water partition coefficient (Wildman–Crippen LogP) is 5.33. The number of carboxylic acids is 1. The molecule has 0 atom stereocenters. The number of allylic oxidation sites excluding steroid dienone is 8. The van der Waals surface area contributed by atoms with E-state index in [-0.39, 0.29) is 0 Å². The Balaban J connectivity index is 4.57. The highest BCUT2D eigenvalue weighted by Crippen LogP contribution is 2.01. The van der Waals surface area contributed by atoms with Crippen LogP contribution in [0.1, 0.15) is 79.3 Å². The summed E-state index contributed by atoms with van der Waals surface area (Å²) in [7, 11) is 0. The molecule has 2 N–H and O–H groups in total. The molecule has 0 bridgehead atoms. The average molecular weight is 370 g/mol. The van der Waals surface area contributed by atoms with Crippen LogP contribution in [-0.2, 0) is 9.59 Å². The molecule has 0 fully saturated rings. The maximum Gasteiger partial charge on any atom is 0.322 e. The van der Waals surface area contributed by atoms with Gasteiger partial charge in [-0.25, -0.2) is 0 Å². The van der Waals surface area contributed by atoms with E-state index >= 15 is 0 Å². The van der Waals surface area contributed by atoms with E-state index in [1.807, 2.05) is 18.2 Å². The van der Waals surface area contributed by atoms with Gasteiger partial charge < -0.3 is 10.4 Å². The topological polar surface area (TPSA) is 66.4 Å². The number of amides is 1. The van der Waals surface area contributed by atoms with Gasteiger partial charge in [-0.15, -0.1) is 0 Å². The van der Waals surface area contributed by atoms with Crippen molar-refractivity contribution in [3.8, 4) is 0 Å². The summed E-state index contributed by atoms with van der Waals surface area (Å²) in [6, 6.07) is 0. The average Bonchev–Trinajstić information content (AvgIpc) is 2.79. The van der Waals surface area contributed by atoms with Gasteiger partial charge >= 0.3 is 5.97 Å². The Bertz CT molecular complexity index is 748. The number of carboxylic acid groups (broad SMARTS) is 1. The highest BCUT2D eigenvalue weighted by atomic mass is 16.4. The molecule has 0 heterocycles. The second-order valence-corrected chi connectivity index (χ2v) is 5.41. The number of carbonyl (C=O) groups excluding carboxylic acids is 1. The van der Waals surface area contributed by atoms with Gasteiger partial charge in [-0.05, 0) is 44.9 Å². The van der Waals surface area contributed by atoms with Gasteiger partial charge in [0, 0.05) is 11.9 Å². The molecule has 4 nitrogen and oxygen atoms in total. The van der Waals surface area contributed by atoms with E-state index in [2.05, 4.69) is 30.3 Å². The minimum Gasteiger partial charge on any atom is -0.480 e. The van der Waals surface area contributed by atoms with Crippen LogP contribution < -0.4 is 5.31 Å². The van der Waals surface area contributed by atoms with Gasteiger partial charge in [0.05, 0.1) is 2.74 Å². The molecular weight excluding hydrogens is 326 g/mol. The molecule has 0 saturated carbocycles. The first-order valence-corrected chi connectivity index (χ1v) is 8.97. The molecule has 146 valence electrons. The molecule has 0 aliphatic rings. The summed E-state index contributed by atoms with van der Waals surface area (Å²) >= 11 is 0. The van der Waals surface area contributed by atoms with Crippen LogP contribution in [0.4, 0.5) is 0 Å². The third-order valence-electron chi connectivity index (χ3n) is 3.12. The molecule has 0 aliphatic heterocycles. The first kappa shape index (κ1) is 13.1. The lowest BCUT2D eigenvalue weighted by Gasteiger charge is -2.00. The molecule has 0 spiro atoms. The number of rotatable bonds is 16. The maximum atomic E-state index is 12.2. The number of nitrogens with one attached hydrogen (secondary N) is 1. The summed E-state index contributed by atoms with van der Waals surface area (Å²) in [6.45, 7) is -1.26.